The van der Waals surface area contributed by atoms with Gasteiger partial charge in [0.2, 0.25) is 0 Å². The lowest BCUT2D eigenvalue weighted by Gasteiger charge is -2.26. The first-order chi connectivity index (χ1) is 19.9. The molecule has 0 amide bonds. The second-order valence-corrected chi connectivity index (χ2v) is 10.3. The summed E-state index contributed by atoms with van der Waals surface area (Å²) in [5.74, 6) is 1.79. The molecule has 11 heteroatoms. The van der Waals surface area contributed by atoms with Gasteiger partial charge in [-0.25, -0.2) is 9.79 Å². The molecule has 2 aromatic heterocycles. The average Bonchev–Trinajstić information content (AvgIpc) is 3.56. The van der Waals surface area contributed by atoms with Crippen molar-refractivity contribution in [1.82, 2.24) is 4.57 Å². The van der Waals surface area contributed by atoms with Gasteiger partial charge in [0.1, 0.15) is 12.4 Å². The standard InChI is InChI=1S/C30H33N3O7S/c1-5-14-39-22-10-8-20(17-23(22)37-6-2)27-26(29(35)38-7-3)19(4)31-30-33(27)28(34)24(41-30)18-21-9-11-25(40-21)32-12-15-36-16-13-32/h5,8-11,17-18,27H,1,6-7,12-16H2,2-4H3/b24-18+/t27-/m0/s1. The van der Waals surface area contributed by atoms with Crippen LogP contribution in [0.5, 0.6) is 11.5 Å². The highest BCUT2D eigenvalue weighted by molar-refractivity contribution is 7.07. The third kappa shape index (κ3) is 5.86. The Labute approximate surface area is 241 Å². The molecule has 0 saturated carbocycles. The number of hydrogen-bond donors (Lipinski definition) is 0. The van der Waals surface area contributed by atoms with Crippen LogP contribution in [-0.4, -0.2) is 56.7 Å². The Hall–Kier alpha value is -4.09. The van der Waals surface area contributed by atoms with Crippen LogP contribution in [-0.2, 0) is 14.3 Å². The number of furan rings is 1. The zero-order valence-electron chi connectivity index (χ0n) is 23.4. The first-order valence-corrected chi connectivity index (χ1v) is 14.4. The number of nitrogens with zero attached hydrogens (tertiary/aromatic N) is 3. The number of carbonyl (C=O) groups is 1. The number of benzene rings is 1. The second-order valence-electron chi connectivity index (χ2n) is 9.32. The SMILES string of the molecule is C=CCOc1ccc([C@H]2C(C(=O)OCC)=C(C)N=c3s/c(=C/c4ccc(N5CCOCC5)o4)c(=O)n32)cc1OCC. The zero-order valence-corrected chi connectivity index (χ0v) is 24.2. The fourth-order valence-electron chi connectivity index (χ4n) is 4.84. The number of rotatable bonds is 10. The number of carbonyl (C=O) groups excluding carboxylic acids is 1. The van der Waals surface area contributed by atoms with Gasteiger partial charge in [-0.05, 0) is 44.5 Å². The predicted molar refractivity (Wildman–Crippen MR) is 155 cm³/mol. The topological polar surface area (TPSA) is 105 Å². The Morgan fingerprint density at radius 2 is 1.95 bits per heavy atom. The maximum absolute atomic E-state index is 13.9. The van der Waals surface area contributed by atoms with Gasteiger partial charge >= 0.3 is 5.97 Å². The second kappa shape index (κ2) is 12.6. The average molecular weight is 580 g/mol. The molecule has 3 aromatic rings. The van der Waals surface area contributed by atoms with Crippen LogP contribution in [0.4, 0.5) is 5.88 Å². The van der Waals surface area contributed by atoms with Crippen LogP contribution in [0.15, 0.2) is 68.5 Å². The molecule has 0 unspecified atom stereocenters. The summed E-state index contributed by atoms with van der Waals surface area (Å²) in [5, 5.41) is 0. The van der Waals surface area contributed by atoms with Gasteiger partial charge in [-0.1, -0.05) is 30.1 Å². The number of ether oxygens (including phenoxy) is 4. The molecule has 0 aliphatic carbocycles. The van der Waals surface area contributed by atoms with Crippen molar-refractivity contribution in [3.8, 4) is 11.5 Å². The van der Waals surface area contributed by atoms with Crippen molar-refractivity contribution in [3.05, 3.63) is 85.3 Å². The van der Waals surface area contributed by atoms with Gasteiger partial charge in [-0.3, -0.25) is 9.36 Å². The minimum Gasteiger partial charge on any atom is -0.490 e. The third-order valence-electron chi connectivity index (χ3n) is 6.67. The maximum atomic E-state index is 13.9. The van der Waals surface area contributed by atoms with Gasteiger partial charge in [0, 0.05) is 25.2 Å². The van der Waals surface area contributed by atoms with Crippen molar-refractivity contribution in [3.63, 3.8) is 0 Å². The molecule has 0 spiro atoms. The van der Waals surface area contributed by atoms with Crippen LogP contribution in [0.1, 0.15) is 38.1 Å². The summed E-state index contributed by atoms with van der Waals surface area (Å²) in [6.07, 6.45) is 3.36. The molecule has 4 heterocycles. The molecule has 41 heavy (non-hydrogen) atoms. The molecule has 1 atom stereocenters. The number of anilines is 1. The van der Waals surface area contributed by atoms with Gasteiger partial charge in [0.15, 0.2) is 22.2 Å². The Bertz CT molecular complexity index is 1640. The van der Waals surface area contributed by atoms with Crippen LogP contribution in [0.2, 0.25) is 0 Å². The monoisotopic (exact) mass is 579 g/mol. The van der Waals surface area contributed by atoms with Crippen molar-refractivity contribution < 1.29 is 28.2 Å². The van der Waals surface area contributed by atoms with E-state index < -0.39 is 12.0 Å². The Morgan fingerprint density at radius 1 is 1.15 bits per heavy atom. The fraction of sp³-hybridized carbons (Fsp3) is 0.367. The van der Waals surface area contributed by atoms with Gasteiger partial charge in [0.25, 0.3) is 5.56 Å². The van der Waals surface area contributed by atoms with E-state index in [9.17, 15) is 9.59 Å². The maximum Gasteiger partial charge on any atom is 0.338 e. The summed E-state index contributed by atoms with van der Waals surface area (Å²) in [7, 11) is 0. The predicted octanol–water partition coefficient (Wildman–Crippen LogP) is 3.19. The van der Waals surface area contributed by atoms with Crippen LogP contribution < -0.4 is 29.3 Å². The Balaban J connectivity index is 1.61. The molecule has 0 N–H and O–H groups in total. The minimum absolute atomic E-state index is 0.190. The summed E-state index contributed by atoms with van der Waals surface area (Å²) >= 11 is 1.24. The summed E-state index contributed by atoms with van der Waals surface area (Å²) in [5.41, 5.74) is 1.15. The first kappa shape index (κ1) is 28.4. The molecule has 1 saturated heterocycles. The molecular formula is C30H33N3O7S. The van der Waals surface area contributed by atoms with Crippen molar-refractivity contribution in [1.29, 1.82) is 0 Å². The number of hydrogen-bond acceptors (Lipinski definition) is 10. The Morgan fingerprint density at radius 3 is 2.68 bits per heavy atom. The molecule has 216 valence electrons. The number of morpholine rings is 1. The number of esters is 1. The molecule has 2 aliphatic heterocycles. The first-order valence-electron chi connectivity index (χ1n) is 13.6. The molecule has 2 aliphatic rings. The van der Waals surface area contributed by atoms with Crippen LogP contribution in [0.3, 0.4) is 0 Å². The molecular weight excluding hydrogens is 546 g/mol. The van der Waals surface area contributed by atoms with Crippen molar-refractivity contribution >= 4 is 29.3 Å². The van der Waals surface area contributed by atoms with Gasteiger partial charge in [-0.15, -0.1) is 0 Å². The van der Waals surface area contributed by atoms with E-state index in [0.717, 1.165) is 19.0 Å². The summed E-state index contributed by atoms with van der Waals surface area (Å²) < 4.78 is 30.5. The lowest BCUT2D eigenvalue weighted by Crippen LogP contribution is -2.40. The van der Waals surface area contributed by atoms with E-state index in [1.807, 2.05) is 25.1 Å². The van der Waals surface area contributed by atoms with Crippen LogP contribution in [0.25, 0.3) is 6.08 Å². The molecule has 0 bridgehead atoms. The van der Waals surface area contributed by atoms with Crippen molar-refractivity contribution in [2.75, 3.05) is 51.0 Å². The van der Waals surface area contributed by atoms with E-state index in [2.05, 4.69) is 16.5 Å². The lowest BCUT2D eigenvalue weighted by molar-refractivity contribution is -0.139. The van der Waals surface area contributed by atoms with Gasteiger partial charge in [0.05, 0.1) is 48.3 Å². The summed E-state index contributed by atoms with van der Waals surface area (Å²) in [6, 6.07) is 8.34. The molecule has 10 nitrogen and oxygen atoms in total. The number of allylic oxidation sites excluding steroid dienone is 1. The molecule has 1 fully saturated rings. The summed E-state index contributed by atoms with van der Waals surface area (Å²) in [4.78, 5) is 34.4. The summed E-state index contributed by atoms with van der Waals surface area (Å²) in [6.45, 7) is 12.7. The van der Waals surface area contributed by atoms with E-state index in [0.29, 0.717) is 69.9 Å². The van der Waals surface area contributed by atoms with E-state index in [1.165, 1.54) is 15.9 Å². The third-order valence-corrected chi connectivity index (χ3v) is 7.65. The van der Waals surface area contributed by atoms with Crippen molar-refractivity contribution in [2.24, 2.45) is 4.99 Å². The normalized spacial score (nSPS) is 17.2. The van der Waals surface area contributed by atoms with Gasteiger partial charge in [-0.2, -0.15) is 0 Å². The lowest BCUT2D eigenvalue weighted by atomic mass is 9.95. The van der Waals surface area contributed by atoms with Crippen LogP contribution >= 0.6 is 11.3 Å². The van der Waals surface area contributed by atoms with E-state index in [4.69, 9.17) is 23.4 Å². The highest BCUT2D eigenvalue weighted by Gasteiger charge is 2.34. The zero-order chi connectivity index (χ0) is 28.9. The van der Waals surface area contributed by atoms with Gasteiger partial charge < -0.3 is 28.3 Å². The number of fused-ring (bicyclic) bond motifs is 1. The fourth-order valence-corrected chi connectivity index (χ4v) is 5.87. The molecule has 5 rings (SSSR count). The van der Waals surface area contributed by atoms with E-state index in [1.54, 1.807) is 38.1 Å². The quantitative estimate of drug-likeness (QED) is 0.267. The van der Waals surface area contributed by atoms with E-state index in [-0.39, 0.29) is 12.2 Å². The smallest absolute Gasteiger partial charge is 0.338 e. The highest BCUT2D eigenvalue weighted by atomic mass is 32.1. The minimum atomic E-state index is -0.777. The number of thiazole rings is 1. The Kier molecular flexibility index (Phi) is 8.75. The molecule has 0 radical (unpaired) electrons. The largest absolute Gasteiger partial charge is 0.490 e. The number of aromatic nitrogens is 1. The highest BCUT2D eigenvalue weighted by Crippen LogP contribution is 2.36. The van der Waals surface area contributed by atoms with E-state index >= 15 is 0 Å². The van der Waals surface area contributed by atoms with Crippen LogP contribution in [0, 0.1) is 0 Å². The molecule has 1 aromatic carbocycles. The van der Waals surface area contributed by atoms with Crippen molar-refractivity contribution in [2.45, 2.75) is 26.8 Å².